The fourth-order valence-corrected chi connectivity index (χ4v) is 1.88. The molecule has 1 aromatic carbocycles. The Labute approximate surface area is 124 Å². The molecule has 0 aliphatic rings. The molecule has 0 bridgehead atoms. The van der Waals surface area contributed by atoms with Gasteiger partial charge in [0.1, 0.15) is 0 Å². The van der Waals surface area contributed by atoms with Gasteiger partial charge in [-0.05, 0) is 31.0 Å². The number of benzene rings is 1. The molecule has 0 aliphatic heterocycles. The average Bonchev–Trinajstić information content (AvgIpc) is 2.36. The summed E-state index contributed by atoms with van der Waals surface area (Å²) >= 11 is 3.04. The van der Waals surface area contributed by atoms with Gasteiger partial charge in [0.05, 0.1) is 12.1 Å². The second-order valence-electron chi connectivity index (χ2n) is 4.45. The molecule has 0 fully saturated rings. The lowest BCUT2D eigenvalue weighted by molar-refractivity contribution is -0.138. The smallest absolute Gasteiger partial charge is 0.370 e. The number of hydrogen-bond donors (Lipinski definition) is 2. The highest BCUT2D eigenvalue weighted by molar-refractivity contribution is 9.10. The van der Waals surface area contributed by atoms with Crippen LogP contribution < -0.4 is 11.1 Å². The number of nitrogens with two attached hydrogens (primary N) is 1. The van der Waals surface area contributed by atoms with Crippen molar-refractivity contribution in [2.24, 2.45) is 10.7 Å². The number of aliphatic imine (C=N–C) groups is 1. The topological polar surface area (TPSA) is 50.4 Å². The first-order valence-electron chi connectivity index (χ1n) is 6.16. The molecule has 0 heterocycles. The van der Waals surface area contributed by atoms with E-state index in [0.29, 0.717) is 4.47 Å². The lowest BCUT2D eigenvalue weighted by Gasteiger charge is -2.14. The van der Waals surface area contributed by atoms with Crippen molar-refractivity contribution in [3.8, 4) is 0 Å². The van der Waals surface area contributed by atoms with Gasteiger partial charge < -0.3 is 11.1 Å². The molecule has 0 amide bonds. The molecule has 20 heavy (non-hydrogen) atoms. The predicted molar refractivity (Wildman–Crippen MR) is 77.4 cm³/mol. The van der Waals surface area contributed by atoms with E-state index in [0.717, 1.165) is 12.5 Å². The molecule has 0 aliphatic carbocycles. The van der Waals surface area contributed by atoms with Crippen LogP contribution in [-0.4, -0.2) is 12.0 Å². The zero-order valence-electron chi connectivity index (χ0n) is 11.3. The van der Waals surface area contributed by atoms with Crippen molar-refractivity contribution in [3.63, 3.8) is 0 Å². The van der Waals surface area contributed by atoms with Gasteiger partial charge >= 0.3 is 6.18 Å². The minimum Gasteiger partial charge on any atom is -0.370 e. The largest absolute Gasteiger partial charge is 0.416 e. The van der Waals surface area contributed by atoms with Crippen LogP contribution in [0.4, 0.5) is 13.2 Å². The van der Waals surface area contributed by atoms with Crippen molar-refractivity contribution >= 4 is 21.9 Å². The summed E-state index contributed by atoms with van der Waals surface area (Å²) in [6, 6.07) is 4.12. The van der Waals surface area contributed by atoms with Crippen molar-refractivity contribution in [2.45, 2.75) is 39.0 Å². The first-order chi connectivity index (χ1) is 9.24. The van der Waals surface area contributed by atoms with Crippen molar-refractivity contribution in [1.29, 1.82) is 0 Å². The highest BCUT2D eigenvalue weighted by Crippen LogP contribution is 2.34. The van der Waals surface area contributed by atoms with Crippen LogP contribution in [-0.2, 0) is 12.7 Å². The highest BCUT2D eigenvalue weighted by atomic mass is 79.9. The van der Waals surface area contributed by atoms with E-state index in [2.05, 4.69) is 26.2 Å². The molecule has 0 aromatic heterocycles. The molecule has 0 saturated carbocycles. The molecule has 1 aromatic rings. The quantitative estimate of drug-likeness (QED) is 0.642. The van der Waals surface area contributed by atoms with E-state index in [9.17, 15) is 13.2 Å². The van der Waals surface area contributed by atoms with Gasteiger partial charge in [-0.3, -0.25) is 0 Å². The van der Waals surface area contributed by atoms with Crippen molar-refractivity contribution in [2.75, 3.05) is 0 Å². The summed E-state index contributed by atoms with van der Waals surface area (Å²) < 4.78 is 39.1. The van der Waals surface area contributed by atoms with Gasteiger partial charge in [0.15, 0.2) is 5.96 Å². The Morgan fingerprint density at radius 2 is 2.10 bits per heavy atom. The van der Waals surface area contributed by atoms with Crippen LogP contribution in [0.1, 0.15) is 31.4 Å². The summed E-state index contributed by atoms with van der Waals surface area (Å²) in [5, 5.41) is 2.91. The monoisotopic (exact) mass is 351 g/mol. The molecule has 1 unspecified atom stereocenters. The Morgan fingerprint density at radius 1 is 1.45 bits per heavy atom. The maximum atomic E-state index is 12.9. The highest BCUT2D eigenvalue weighted by Gasteiger charge is 2.33. The normalized spacial score (nSPS) is 14.2. The molecule has 0 spiro atoms. The summed E-state index contributed by atoms with van der Waals surface area (Å²) in [6.07, 6.45) is -3.56. The number of rotatable bonds is 4. The maximum Gasteiger partial charge on any atom is 0.416 e. The Hall–Kier alpha value is -1.24. The first-order valence-corrected chi connectivity index (χ1v) is 6.95. The summed E-state index contributed by atoms with van der Waals surface area (Å²) in [4.78, 5) is 3.95. The minimum atomic E-state index is -4.41. The van der Waals surface area contributed by atoms with E-state index in [1.165, 1.54) is 6.07 Å². The van der Waals surface area contributed by atoms with E-state index in [1.807, 2.05) is 13.8 Å². The Morgan fingerprint density at radius 3 is 2.65 bits per heavy atom. The second-order valence-corrected chi connectivity index (χ2v) is 5.37. The molecule has 0 radical (unpaired) electrons. The van der Waals surface area contributed by atoms with Crippen LogP contribution in [0.2, 0.25) is 0 Å². The average molecular weight is 352 g/mol. The van der Waals surface area contributed by atoms with Crippen LogP contribution in [0.15, 0.2) is 27.7 Å². The van der Waals surface area contributed by atoms with Crippen LogP contribution in [0, 0.1) is 0 Å². The standard InChI is InChI=1S/C13H17BrF3N3/c1-3-8(2)20-12(18)19-7-9-4-5-10(14)6-11(9)13(15,16)17/h4-6,8H,3,7H2,1-2H3,(H3,18,19,20). The van der Waals surface area contributed by atoms with Gasteiger partial charge in [0, 0.05) is 10.5 Å². The Kier molecular flexibility index (Phi) is 5.86. The molecule has 7 heteroatoms. The molecule has 1 atom stereocenters. The van der Waals surface area contributed by atoms with E-state index in [-0.39, 0.29) is 24.1 Å². The zero-order valence-corrected chi connectivity index (χ0v) is 12.8. The van der Waals surface area contributed by atoms with Crippen LogP contribution >= 0.6 is 15.9 Å². The molecule has 3 N–H and O–H groups in total. The zero-order chi connectivity index (χ0) is 15.3. The summed E-state index contributed by atoms with van der Waals surface area (Å²) in [7, 11) is 0. The number of hydrogen-bond acceptors (Lipinski definition) is 1. The van der Waals surface area contributed by atoms with E-state index >= 15 is 0 Å². The molecule has 112 valence electrons. The van der Waals surface area contributed by atoms with Crippen molar-refractivity contribution in [3.05, 3.63) is 33.8 Å². The van der Waals surface area contributed by atoms with Crippen LogP contribution in [0.5, 0.6) is 0 Å². The second kappa shape index (κ2) is 6.97. The van der Waals surface area contributed by atoms with Gasteiger partial charge in [-0.15, -0.1) is 0 Å². The van der Waals surface area contributed by atoms with Gasteiger partial charge in [-0.2, -0.15) is 13.2 Å². The van der Waals surface area contributed by atoms with Crippen molar-refractivity contribution in [1.82, 2.24) is 5.32 Å². The lowest BCUT2D eigenvalue weighted by atomic mass is 10.1. The maximum absolute atomic E-state index is 12.9. The summed E-state index contributed by atoms with van der Waals surface area (Å²) in [5.74, 6) is 0.149. The van der Waals surface area contributed by atoms with Crippen LogP contribution in [0.25, 0.3) is 0 Å². The van der Waals surface area contributed by atoms with E-state index < -0.39 is 11.7 Å². The van der Waals surface area contributed by atoms with Crippen LogP contribution in [0.3, 0.4) is 0 Å². The molecular formula is C13H17BrF3N3. The third kappa shape index (κ3) is 5.03. The number of alkyl halides is 3. The van der Waals surface area contributed by atoms with E-state index in [4.69, 9.17) is 5.73 Å². The van der Waals surface area contributed by atoms with Gasteiger partial charge in [-0.25, -0.2) is 4.99 Å². The molecule has 0 saturated heterocycles. The first kappa shape index (κ1) is 16.8. The van der Waals surface area contributed by atoms with Gasteiger partial charge in [0.2, 0.25) is 0 Å². The number of nitrogens with one attached hydrogen (secondary N) is 1. The Bertz CT molecular complexity index is 486. The SMILES string of the molecule is CCC(C)NC(N)=NCc1ccc(Br)cc1C(F)(F)F. The number of guanidine groups is 1. The lowest BCUT2D eigenvalue weighted by Crippen LogP contribution is -2.38. The summed E-state index contributed by atoms with van der Waals surface area (Å²) in [5.41, 5.74) is 5.03. The van der Waals surface area contributed by atoms with Crippen molar-refractivity contribution < 1.29 is 13.2 Å². The third-order valence-corrected chi connectivity index (χ3v) is 3.30. The molecule has 3 nitrogen and oxygen atoms in total. The number of nitrogens with zero attached hydrogens (tertiary/aromatic N) is 1. The minimum absolute atomic E-state index is 0.0922. The Balaban J connectivity index is 2.90. The molecular weight excluding hydrogens is 335 g/mol. The molecule has 1 rings (SSSR count). The van der Waals surface area contributed by atoms with E-state index in [1.54, 1.807) is 6.07 Å². The fourth-order valence-electron chi connectivity index (χ4n) is 1.52. The number of halogens is 4. The van der Waals surface area contributed by atoms with Gasteiger partial charge in [0.25, 0.3) is 0 Å². The fraction of sp³-hybridized carbons (Fsp3) is 0.462. The third-order valence-electron chi connectivity index (χ3n) is 2.80. The summed E-state index contributed by atoms with van der Waals surface area (Å²) in [6.45, 7) is 3.78. The van der Waals surface area contributed by atoms with Gasteiger partial charge in [-0.1, -0.05) is 28.9 Å². The predicted octanol–water partition coefficient (Wildman–Crippen LogP) is 3.67.